The highest BCUT2D eigenvalue weighted by Gasteiger charge is 2.36. The second-order valence-electron chi connectivity index (χ2n) is 6.92. The Morgan fingerprint density at radius 3 is 2.33 bits per heavy atom. The van der Waals surface area contributed by atoms with Gasteiger partial charge in [-0.1, -0.05) is 12.8 Å². The van der Waals surface area contributed by atoms with Crippen LogP contribution in [0.4, 0.5) is 0 Å². The second-order valence-corrected chi connectivity index (χ2v) is 8.89. The summed E-state index contributed by atoms with van der Waals surface area (Å²) in [5, 5.41) is 10.2. The Balaban J connectivity index is 1.99. The quantitative estimate of drug-likeness (QED) is 0.903. The average molecular weight is 353 g/mol. The molecule has 1 fully saturated rings. The third-order valence-electron chi connectivity index (χ3n) is 5.45. The van der Waals surface area contributed by atoms with Gasteiger partial charge in [-0.05, 0) is 61.8 Å². The van der Waals surface area contributed by atoms with Gasteiger partial charge in [0, 0.05) is 7.05 Å². The topological polar surface area (TPSA) is 66.8 Å². The van der Waals surface area contributed by atoms with Gasteiger partial charge < -0.3 is 9.84 Å². The van der Waals surface area contributed by atoms with Crippen LogP contribution >= 0.6 is 0 Å². The lowest BCUT2D eigenvalue weighted by Crippen LogP contribution is -2.46. The molecule has 1 saturated carbocycles. The number of aliphatic hydroxyl groups excluding tert-OH is 1. The molecule has 0 bridgehead atoms. The molecule has 0 radical (unpaired) electrons. The van der Waals surface area contributed by atoms with Gasteiger partial charge in [0.25, 0.3) is 0 Å². The van der Waals surface area contributed by atoms with E-state index < -0.39 is 16.1 Å². The van der Waals surface area contributed by atoms with Gasteiger partial charge in [-0.3, -0.25) is 0 Å². The maximum Gasteiger partial charge on any atom is 0.246 e. The molecule has 134 valence electrons. The molecule has 5 nitrogen and oxygen atoms in total. The minimum Gasteiger partial charge on any atom is -0.495 e. The van der Waals surface area contributed by atoms with Crippen LogP contribution < -0.4 is 4.74 Å². The number of likely N-dealkylation sites (N-methyl/N-ethyl adjacent to an activating group) is 1. The molecule has 24 heavy (non-hydrogen) atoms. The van der Waals surface area contributed by atoms with Gasteiger partial charge in [0.1, 0.15) is 10.6 Å². The van der Waals surface area contributed by atoms with Crippen molar-refractivity contribution in [3.8, 4) is 5.75 Å². The first kappa shape index (κ1) is 17.7. The number of hydrogen-bond donors (Lipinski definition) is 1. The molecule has 6 heteroatoms. The number of benzene rings is 1. The fourth-order valence-electron chi connectivity index (χ4n) is 3.95. The highest BCUT2D eigenvalue weighted by atomic mass is 32.2. The number of methoxy groups -OCH3 is 1. The Labute approximate surface area is 144 Å². The molecule has 0 saturated heterocycles. The van der Waals surface area contributed by atoms with Crippen molar-refractivity contribution in [1.29, 1.82) is 0 Å². The summed E-state index contributed by atoms with van der Waals surface area (Å²) in [6.07, 6.45) is 6.78. The number of sulfonamides is 1. The molecule has 0 aromatic heterocycles. The van der Waals surface area contributed by atoms with E-state index >= 15 is 0 Å². The van der Waals surface area contributed by atoms with Gasteiger partial charge in [-0.25, -0.2) is 8.42 Å². The zero-order valence-electron chi connectivity index (χ0n) is 14.5. The molecule has 0 spiro atoms. The largest absolute Gasteiger partial charge is 0.495 e. The van der Waals surface area contributed by atoms with Gasteiger partial charge in [-0.15, -0.1) is 0 Å². The van der Waals surface area contributed by atoms with E-state index in [4.69, 9.17) is 4.74 Å². The Bertz CT molecular complexity index is 701. The van der Waals surface area contributed by atoms with Crippen LogP contribution in [-0.4, -0.2) is 44.1 Å². The highest BCUT2D eigenvalue weighted by Crippen LogP contribution is 2.35. The highest BCUT2D eigenvalue weighted by molar-refractivity contribution is 7.89. The molecule has 2 aliphatic rings. The lowest BCUT2D eigenvalue weighted by molar-refractivity contribution is 0.0637. The van der Waals surface area contributed by atoms with E-state index in [0.717, 1.165) is 44.1 Å². The summed E-state index contributed by atoms with van der Waals surface area (Å²) < 4.78 is 33.1. The number of nitrogens with zero attached hydrogens (tertiary/aromatic N) is 1. The van der Waals surface area contributed by atoms with E-state index in [1.54, 1.807) is 13.1 Å². The van der Waals surface area contributed by atoms with Crippen molar-refractivity contribution in [3.05, 3.63) is 23.3 Å². The molecule has 3 rings (SSSR count). The average Bonchev–Trinajstić information content (AvgIpc) is 2.60. The summed E-state index contributed by atoms with van der Waals surface area (Å²) >= 11 is 0. The number of aliphatic hydroxyl groups is 1. The van der Waals surface area contributed by atoms with Crippen molar-refractivity contribution < 1.29 is 18.3 Å². The number of rotatable bonds is 4. The molecule has 2 atom stereocenters. The Hall–Kier alpha value is -1.11. The fraction of sp³-hybridized carbons (Fsp3) is 0.667. The maximum atomic E-state index is 13.2. The van der Waals surface area contributed by atoms with E-state index in [1.165, 1.54) is 17.0 Å². The molecule has 1 N–H and O–H groups in total. The predicted octanol–water partition coefficient (Wildman–Crippen LogP) is 2.50. The van der Waals surface area contributed by atoms with Gasteiger partial charge in [0.2, 0.25) is 10.0 Å². The van der Waals surface area contributed by atoms with Crippen LogP contribution in [0, 0.1) is 0 Å². The molecule has 1 aromatic rings. The normalized spacial score (nSPS) is 24.7. The summed E-state index contributed by atoms with van der Waals surface area (Å²) in [6.45, 7) is 0. The van der Waals surface area contributed by atoms with Crippen LogP contribution in [0.2, 0.25) is 0 Å². The van der Waals surface area contributed by atoms with Crippen molar-refractivity contribution in [2.24, 2.45) is 0 Å². The third-order valence-corrected chi connectivity index (χ3v) is 7.35. The summed E-state index contributed by atoms with van der Waals surface area (Å²) in [4.78, 5) is 0.228. The molecule has 1 aromatic carbocycles. The van der Waals surface area contributed by atoms with E-state index in [-0.39, 0.29) is 10.9 Å². The third kappa shape index (κ3) is 3.19. The second kappa shape index (κ2) is 7.02. The standard InChI is InChI=1S/C18H27NO4S/c1-19(15-9-5-6-10-16(15)20)24(21,22)18-12-14-8-4-3-7-13(14)11-17(18)23-2/h11-12,15-16,20H,3-10H2,1-2H3/t15-,16-/m1/s1. The van der Waals surface area contributed by atoms with Crippen LogP contribution in [0.15, 0.2) is 17.0 Å². The van der Waals surface area contributed by atoms with Crippen LogP contribution in [0.1, 0.15) is 49.7 Å². The zero-order valence-corrected chi connectivity index (χ0v) is 15.3. The van der Waals surface area contributed by atoms with Crippen molar-refractivity contribution in [2.75, 3.05) is 14.2 Å². The molecule has 0 heterocycles. The first-order chi connectivity index (χ1) is 11.4. The van der Waals surface area contributed by atoms with E-state index in [9.17, 15) is 13.5 Å². The minimum absolute atomic E-state index is 0.228. The molecule has 2 aliphatic carbocycles. The molecular weight excluding hydrogens is 326 g/mol. The van der Waals surface area contributed by atoms with Gasteiger partial charge >= 0.3 is 0 Å². The van der Waals surface area contributed by atoms with Gasteiger partial charge in [0.15, 0.2) is 0 Å². The predicted molar refractivity (Wildman–Crippen MR) is 92.8 cm³/mol. The summed E-state index contributed by atoms with van der Waals surface area (Å²) in [6, 6.07) is 3.31. The first-order valence-corrected chi connectivity index (χ1v) is 10.2. The monoisotopic (exact) mass is 353 g/mol. The van der Waals surface area contributed by atoms with Crippen LogP contribution in [0.5, 0.6) is 5.75 Å². The molecule has 0 amide bonds. The number of fused-ring (bicyclic) bond motifs is 1. The lowest BCUT2D eigenvalue weighted by Gasteiger charge is -2.34. The smallest absolute Gasteiger partial charge is 0.246 e. The Morgan fingerprint density at radius 2 is 1.71 bits per heavy atom. The Kier molecular flexibility index (Phi) is 5.18. The van der Waals surface area contributed by atoms with Gasteiger partial charge in [0.05, 0.1) is 19.3 Å². The lowest BCUT2D eigenvalue weighted by atomic mass is 9.92. The molecular formula is C18H27NO4S. The van der Waals surface area contributed by atoms with E-state index in [2.05, 4.69) is 0 Å². The molecule has 0 aliphatic heterocycles. The summed E-state index contributed by atoms with van der Waals surface area (Å²) in [5.74, 6) is 0.410. The molecule has 0 unspecified atom stereocenters. The first-order valence-electron chi connectivity index (χ1n) is 8.81. The fourth-order valence-corrected chi connectivity index (χ4v) is 5.55. The van der Waals surface area contributed by atoms with Crippen LogP contribution in [-0.2, 0) is 22.9 Å². The van der Waals surface area contributed by atoms with Crippen LogP contribution in [0.3, 0.4) is 0 Å². The SMILES string of the molecule is COc1cc2c(cc1S(=O)(=O)N(C)[C@@H]1CCCC[C@H]1O)CCCC2. The zero-order chi connectivity index (χ0) is 17.3. The van der Waals surface area contributed by atoms with Crippen molar-refractivity contribution >= 4 is 10.0 Å². The van der Waals surface area contributed by atoms with Crippen molar-refractivity contribution in [3.63, 3.8) is 0 Å². The number of hydrogen-bond acceptors (Lipinski definition) is 4. The van der Waals surface area contributed by atoms with E-state index in [1.807, 2.05) is 6.07 Å². The van der Waals surface area contributed by atoms with Gasteiger partial charge in [-0.2, -0.15) is 4.31 Å². The van der Waals surface area contributed by atoms with Crippen molar-refractivity contribution in [1.82, 2.24) is 4.31 Å². The Morgan fingerprint density at radius 1 is 1.08 bits per heavy atom. The van der Waals surface area contributed by atoms with Crippen molar-refractivity contribution in [2.45, 2.75) is 68.4 Å². The summed E-state index contributed by atoms with van der Waals surface area (Å²) in [7, 11) is -0.610. The number of ether oxygens (including phenoxy) is 1. The minimum atomic E-state index is -3.70. The van der Waals surface area contributed by atoms with E-state index in [0.29, 0.717) is 18.6 Å². The number of aryl methyl sites for hydroxylation is 2. The maximum absolute atomic E-state index is 13.2. The summed E-state index contributed by atoms with van der Waals surface area (Å²) in [5.41, 5.74) is 2.30. The van der Waals surface area contributed by atoms with Crippen LogP contribution in [0.25, 0.3) is 0 Å².